The van der Waals surface area contributed by atoms with Gasteiger partial charge in [0.2, 0.25) is 5.88 Å². The fourth-order valence-electron chi connectivity index (χ4n) is 2.98. The number of aromatic nitrogens is 3. The van der Waals surface area contributed by atoms with Crippen LogP contribution in [0.1, 0.15) is 4.88 Å². The molecule has 2 heterocycles. The predicted octanol–water partition coefficient (Wildman–Crippen LogP) is 4.37. The topological polar surface area (TPSA) is 107 Å². The van der Waals surface area contributed by atoms with Crippen LogP contribution in [0.4, 0.5) is 15.6 Å². The van der Waals surface area contributed by atoms with Gasteiger partial charge in [-0.1, -0.05) is 18.2 Å². The van der Waals surface area contributed by atoms with Crippen molar-refractivity contribution in [2.75, 3.05) is 31.5 Å². The van der Waals surface area contributed by atoms with Crippen LogP contribution in [0, 0.1) is 0 Å². The lowest BCUT2D eigenvalue weighted by Crippen LogP contribution is -2.19. The summed E-state index contributed by atoms with van der Waals surface area (Å²) >= 11 is 1.39. The summed E-state index contributed by atoms with van der Waals surface area (Å²) in [4.78, 5) is 25.8. The highest BCUT2D eigenvalue weighted by Gasteiger charge is 2.12. The first-order valence-corrected chi connectivity index (χ1v) is 10.5. The van der Waals surface area contributed by atoms with E-state index in [9.17, 15) is 4.79 Å². The number of fused-ring (bicyclic) bond motifs is 1. The molecule has 0 spiro atoms. The molecular weight excluding hydrogens is 430 g/mol. The van der Waals surface area contributed by atoms with Crippen molar-refractivity contribution in [2.45, 2.75) is 6.42 Å². The smallest absolute Gasteiger partial charge is 0.325 e. The molecule has 10 heteroatoms. The minimum absolute atomic E-state index is 0.342. The molecule has 2 N–H and O–H groups in total. The van der Waals surface area contributed by atoms with Gasteiger partial charge in [0.1, 0.15) is 6.33 Å². The molecule has 4 rings (SSSR count). The summed E-state index contributed by atoms with van der Waals surface area (Å²) in [7, 11) is 3.15. The van der Waals surface area contributed by atoms with Gasteiger partial charge < -0.3 is 19.5 Å². The number of urea groups is 1. The maximum Gasteiger partial charge on any atom is 0.325 e. The molecule has 0 unspecified atom stereocenters. The van der Waals surface area contributed by atoms with E-state index in [4.69, 9.17) is 14.2 Å². The van der Waals surface area contributed by atoms with E-state index in [1.54, 1.807) is 32.5 Å². The van der Waals surface area contributed by atoms with E-state index < -0.39 is 0 Å². The molecule has 2 aromatic heterocycles. The molecule has 9 nitrogen and oxygen atoms in total. The SMILES string of the molecule is COc1cc2ncnc(OCCc3cnc(NC(=O)Nc4ccccc4)s3)c2cc1OC. The molecule has 32 heavy (non-hydrogen) atoms. The van der Waals surface area contributed by atoms with Gasteiger partial charge in [-0.3, -0.25) is 5.32 Å². The number of rotatable bonds is 8. The Morgan fingerprint density at radius 2 is 1.78 bits per heavy atom. The Morgan fingerprint density at radius 3 is 2.56 bits per heavy atom. The summed E-state index contributed by atoms with van der Waals surface area (Å²) in [6.07, 6.45) is 3.78. The number of methoxy groups -OCH3 is 2. The number of para-hydroxylation sites is 1. The molecule has 2 aromatic carbocycles. The van der Waals surface area contributed by atoms with Crippen molar-refractivity contribution in [3.05, 3.63) is 59.9 Å². The normalized spacial score (nSPS) is 10.6. The number of amides is 2. The van der Waals surface area contributed by atoms with E-state index >= 15 is 0 Å². The largest absolute Gasteiger partial charge is 0.493 e. The van der Waals surface area contributed by atoms with Crippen LogP contribution < -0.4 is 24.8 Å². The highest BCUT2D eigenvalue weighted by atomic mass is 32.1. The van der Waals surface area contributed by atoms with Gasteiger partial charge in [0.25, 0.3) is 0 Å². The Labute approximate surface area is 188 Å². The molecule has 0 saturated carbocycles. The lowest BCUT2D eigenvalue weighted by atomic mass is 10.2. The van der Waals surface area contributed by atoms with Gasteiger partial charge in [0, 0.05) is 29.2 Å². The monoisotopic (exact) mass is 451 g/mol. The highest BCUT2D eigenvalue weighted by molar-refractivity contribution is 7.15. The Balaban J connectivity index is 1.35. The number of thiazole rings is 1. The minimum atomic E-state index is -0.342. The quantitative estimate of drug-likeness (QED) is 0.410. The molecule has 0 atom stereocenters. The maximum absolute atomic E-state index is 12.1. The number of hydrogen-bond donors (Lipinski definition) is 2. The summed E-state index contributed by atoms with van der Waals surface area (Å²) in [5.41, 5.74) is 1.41. The number of carbonyl (C=O) groups is 1. The van der Waals surface area contributed by atoms with Crippen LogP contribution >= 0.6 is 11.3 Å². The molecule has 4 aromatic rings. The van der Waals surface area contributed by atoms with Crippen molar-refractivity contribution in [1.82, 2.24) is 15.0 Å². The van der Waals surface area contributed by atoms with Crippen molar-refractivity contribution >= 4 is 39.1 Å². The second kappa shape index (κ2) is 9.92. The summed E-state index contributed by atoms with van der Waals surface area (Å²) in [6.45, 7) is 0.387. The molecule has 0 bridgehead atoms. The lowest BCUT2D eigenvalue weighted by molar-refractivity contribution is 0.262. The Hall–Kier alpha value is -3.92. The molecule has 0 saturated heterocycles. The molecule has 0 fully saturated rings. The van der Waals surface area contributed by atoms with E-state index in [2.05, 4.69) is 25.6 Å². The first-order chi connectivity index (χ1) is 15.7. The van der Waals surface area contributed by atoms with Gasteiger partial charge in [0.05, 0.1) is 31.7 Å². The number of nitrogens with zero attached hydrogens (tertiary/aromatic N) is 3. The highest BCUT2D eigenvalue weighted by Crippen LogP contribution is 2.34. The second-order valence-electron chi connectivity index (χ2n) is 6.58. The Bertz CT molecular complexity index is 1220. The van der Waals surface area contributed by atoms with Gasteiger partial charge in [0.15, 0.2) is 16.6 Å². The van der Waals surface area contributed by atoms with E-state index in [1.165, 1.54) is 17.7 Å². The summed E-state index contributed by atoms with van der Waals surface area (Å²) < 4.78 is 16.6. The summed E-state index contributed by atoms with van der Waals surface area (Å²) in [5, 5.41) is 6.74. The fraction of sp³-hybridized carbons (Fsp3) is 0.182. The standard InChI is InChI=1S/C22H21N5O4S/c1-29-18-10-16-17(11-19(18)30-2)24-13-25-20(16)31-9-8-15-12-23-22(32-15)27-21(28)26-14-6-4-3-5-7-14/h3-7,10-13H,8-9H2,1-2H3,(H2,23,26,27,28). The van der Waals surface area contributed by atoms with Crippen molar-refractivity contribution in [2.24, 2.45) is 0 Å². The molecule has 0 aliphatic heterocycles. The van der Waals surface area contributed by atoms with Gasteiger partial charge in [-0.25, -0.2) is 19.7 Å². The number of benzene rings is 2. The van der Waals surface area contributed by atoms with Crippen molar-refractivity contribution in [3.8, 4) is 17.4 Å². The van der Waals surface area contributed by atoms with Crippen molar-refractivity contribution in [1.29, 1.82) is 0 Å². The van der Waals surface area contributed by atoms with Crippen LogP contribution in [-0.4, -0.2) is 41.8 Å². The number of carbonyl (C=O) groups excluding carboxylic acids is 1. The minimum Gasteiger partial charge on any atom is -0.493 e. The Kier molecular flexibility index (Phi) is 6.61. The van der Waals surface area contributed by atoms with Crippen LogP contribution in [0.2, 0.25) is 0 Å². The van der Waals surface area contributed by atoms with E-state index in [0.717, 1.165) is 10.3 Å². The fourth-order valence-corrected chi connectivity index (χ4v) is 3.77. The van der Waals surface area contributed by atoms with Crippen LogP contribution in [0.3, 0.4) is 0 Å². The third-order valence-corrected chi connectivity index (χ3v) is 5.47. The maximum atomic E-state index is 12.1. The predicted molar refractivity (Wildman–Crippen MR) is 123 cm³/mol. The van der Waals surface area contributed by atoms with Gasteiger partial charge in [-0.15, -0.1) is 11.3 Å². The number of hydrogen-bond acceptors (Lipinski definition) is 8. The first-order valence-electron chi connectivity index (χ1n) is 9.73. The molecule has 0 aliphatic carbocycles. The Morgan fingerprint density at radius 1 is 1.00 bits per heavy atom. The second-order valence-corrected chi connectivity index (χ2v) is 7.69. The van der Waals surface area contributed by atoms with Crippen LogP contribution in [0.15, 0.2) is 55.0 Å². The summed E-state index contributed by atoms with van der Waals surface area (Å²) in [6, 6.07) is 12.4. The molecule has 164 valence electrons. The van der Waals surface area contributed by atoms with E-state index in [1.807, 2.05) is 30.3 Å². The van der Waals surface area contributed by atoms with Crippen LogP contribution in [-0.2, 0) is 6.42 Å². The van der Waals surface area contributed by atoms with Gasteiger partial charge in [-0.05, 0) is 18.2 Å². The lowest BCUT2D eigenvalue weighted by Gasteiger charge is -2.11. The number of nitrogens with one attached hydrogen (secondary N) is 2. The number of ether oxygens (including phenoxy) is 3. The van der Waals surface area contributed by atoms with E-state index in [0.29, 0.717) is 46.7 Å². The van der Waals surface area contributed by atoms with Crippen LogP contribution in [0.5, 0.6) is 17.4 Å². The summed E-state index contributed by atoms with van der Waals surface area (Å²) in [5.74, 6) is 1.62. The number of anilines is 2. The molecule has 2 amide bonds. The van der Waals surface area contributed by atoms with Gasteiger partial charge >= 0.3 is 6.03 Å². The van der Waals surface area contributed by atoms with Crippen LogP contribution in [0.25, 0.3) is 10.9 Å². The van der Waals surface area contributed by atoms with Gasteiger partial charge in [-0.2, -0.15) is 0 Å². The van der Waals surface area contributed by atoms with E-state index in [-0.39, 0.29) is 6.03 Å². The molecule has 0 radical (unpaired) electrons. The average Bonchev–Trinajstić information content (AvgIpc) is 3.25. The first kappa shape index (κ1) is 21.3. The van der Waals surface area contributed by atoms with Crippen molar-refractivity contribution in [3.63, 3.8) is 0 Å². The zero-order valence-electron chi connectivity index (χ0n) is 17.5. The third-order valence-electron chi connectivity index (χ3n) is 4.50. The molecule has 0 aliphatic rings. The average molecular weight is 452 g/mol. The third kappa shape index (κ3) is 5.03. The molecular formula is C22H21N5O4S. The zero-order valence-corrected chi connectivity index (χ0v) is 18.3. The zero-order chi connectivity index (χ0) is 22.3. The van der Waals surface area contributed by atoms with Crippen molar-refractivity contribution < 1.29 is 19.0 Å².